The van der Waals surface area contributed by atoms with Crippen LogP contribution >= 0.6 is 0 Å². The molecule has 0 N–H and O–H groups in total. The SMILES string of the molecule is COc1ccc2cc(/C(C#CC#N)=C(\C#CC#N)c3ccc4cc(OC)ccc4c3)ccc2c1. The van der Waals surface area contributed by atoms with E-state index in [9.17, 15) is 0 Å². The van der Waals surface area contributed by atoms with Gasteiger partial charge in [-0.1, -0.05) is 36.4 Å². The summed E-state index contributed by atoms with van der Waals surface area (Å²) >= 11 is 0. The van der Waals surface area contributed by atoms with E-state index in [4.69, 9.17) is 20.0 Å². The van der Waals surface area contributed by atoms with E-state index < -0.39 is 0 Å². The summed E-state index contributed by atoms with van der Waals surface area (Å²) in [4.78, 5) is 0. The fourth-order valence-electron chi connectivity index (χ4n) is 3.75. The van der Waals surface area contributed by atoms with Crippen LogP contribution in [0.15, 0.2) is 72.8 Å². The normalized spacial score (nSPS) is 10.6. The molecule has 4 rings (SSSR count). The van der Waals surface area contributed by atoms with Gasteiger partial charge in [0.2, 0.25) is 0 Å². The minimum absolute atomic E-state index is 0.579. The third-order valence-electron chi connectivity index (χ3n) is 5.41. The summed E-state index contributed by atoms with van der Waals surface area (Å²) in [7, 11) is 3.27. The molecule has 0 bridgehead atoms. The van der Waals surface area contributed by atoms with Crippen LogP contribution in [0.3, 0.4) is 0 Å². The average molecular weight is 438 g/mol. The van der Waals surface area contributed by atoms with Crippen LogP contribution in [0, 0.1) is 46.3 Å². The largest absolute Gasteiger partial charge is 0.497 e. The molecule has 0 fully saturated rings. The lowest BCUT2D eigenvalue weighted by Gasteiger charge is -2.10. The number of hydrogen-bond donors (Lipinski definition) is 0. The standard InChI is InChI=1S/C30H18N2O2/c1-33-27-13-11-21-17-25(9-7-23(21)19-27)29(5-3-15-31)30(6-4-16-32)26-10-8-24-20-28(34-2)14-12-22(24)18-26/h7-14,17-20H,1-2H3/b30-29+. The van der Waals surface area contributed by atoms with Crippen molar-refractivity contribution in [2.75, 3.05) is 14.2 Å². The Hall–Kier alpha value is -5.16. The van der Waals surface area contributed by atoms with Gasteiger partial charge in [-0.25, -0.2) is 0 Å². The lowest BCUT2D eigenvalue weighted by Crippen LogP contribution is -1.92. The lowest BCUT2D eigenvalue weighted by molar-refractivity contribution is 0.415. The maximum atomic E-state index is 9.15. The molecule has 4 aromatic carbocycles. The van der Waals surface area contributed by atoms with E-state index in [0.717, 1.165) is 44.2 Å². The first-order valence-corrected chi connectivity index (χ1v) is 10.4. The van der Waals surface area contributed by atoms with Crippen molar-refractivity contribution in [2.45, 2.75) is 0 Å². The first-order valence-electron chi connectivity index (χ1n) is 10.4. The second kappa shape index (κ2) is 9.97. The Morgan fingerprint density at radius 1 is 0.559 bits per heavy atom. The molecule has 0 amide bonds. The van der Waals surface area contributed by atoms with Crippen LogP contribution in [0.1, 0.15) is 11.1 Å². The van der Waals surface area contributed by atoms with E-state index in [0.29, 0.717) is 11.1 Å². The van der Waals surface area contributed by atoms with Gasteiger partial charge < -0.3 is 9.47 Å². The van der Waals surface area contributed by atoms with E-state index in [1.807, 2.05) is 84.9 Å². The summed E-state index contributed by atoms with van der Waals surface area (Å²) < 4.78 is 10.6. The summed E-state index contributed by atoms with van der Waals surface area (Å²) in [6.07, 6.45) is 0. The van der Waals surface area contributed by atoms with E-state index in [2.05, 4.69) is 23.7 Å². The van der Waals surface area contributed by atoms with Crippen molar-refractivity contribution in [3.63, 3.8) is 0 Å². The number of benzene rings is 4. The predicted octanol–water partition coefficient (Wildman–Crippen LogP) is 5.97. The molecule has 4 aromatic rings. The monoisotopic (exact) mass is 438 g/mol. The predicted molar refractivity (Wildman–Crippen MR) is 135 cm³/mol. The van der Waals surface area contributed by atoms with Gasteiger partial charge in [0.1, 0.15) is 11.5 Å². The fraction of sp³-hybridized carbons (Fsp3) is 0.0667. The number of hydrogen-bond acceptors (Lipinski definition) is 4. The highest BCUT2D eigenvalue weighted by Gasteiger charge is 2.11. The van der Waals surface area contributed by atoms with Crippen molar-refractivity contribution in [1.29, 1.82) is 10.5 Å². The summed E-state index contributed by atoms with van der Waals surface area (Å²) in [6.45, 7) is 0. The summed E-state index contributed by atoms with van der Waals surface area (Å²) in [5, 5.41) is 22.3. The molecule has 4 nitrogen and oxygen atoms in total. The summed E-state index contributed by atoms with van der Waals surface area (Å²) in [5.74, 6) is 12.5. The van der Waals surface area contributed by atoms with Crippen LogP contribution in [0.25, 0.3) is 32.7 Å². The molecule has 0 saturated carbocycles. The van der Waals surface area contributed by atoms with Crippen molar-refractivity contribution in [3.8, 4) is 47.3 Å². The average Bonchev–Trinajstić information content (AvgIpc) is 2.89. The van der Waals surface area contributed by atoms with Crippen molar-refractivity contribution >= 4 is 32.7 Å². The number of ether oxygens (including phenoxy) is 2. The topological polar surface area (TPSA) is 66.0 Å². The van der Waals surface area contributed by atoms with Crippen LogP contribution in [0.4, 0.5) is 0 Å². The molecule has 0 aliphatic carbocycles. The number of rotatable bonds is 4. The smallest absolute Gasteiger partial charge is 0.152 e. The quantitative estimate of drug-likeness (QED) is 0.291. The van der Waals surface area contributed by atoms with Crippen molar-refractivity contribution in [1.82, 2.24) is 0 Å². The van der Waals surface area contributed by atoms with Gasteiger partial charge in [0.05, 0.1) is 14.2 Å². The number of methoxy groups -OCH3 is 2. The van der Waals surface area contributed by atoms with E-state index in [-0.39, 0.29) is 0 Å². The molecule has 34 heavy (non-hydrogen) atoms. The fourth-order valence-corrected chi connectivity index (χ4v) is 3.75. The molecular formula is C30H18N2O2. The molecule has 4 heteroatoms. The van der Waals surface area contributed by atoms with Gasteiger partial charge in [0.15, 0.2) is 12.1 Å². The Kier molecular flexibility index (Phi) is 6.47. The zero-order chi connectivity index (χ0) is 23.9. The van der Waals surface area contributed by atoms with Gasteiger partial charge in [-0.05, 0) is 80.9 Å². The van der Waals surface area contributed by atoms with Gasteiger partial charge in [-0.2, -0.15) is 10.5 Å². The van der Waals surface area contributed by atoms with Gasteiger partial charge in [0, 0.05) is 23.0 Å². The highest BCUT2D eigenvalue weighted by atomic mass is 16.5. The number of nitrogens with zero attached hydrogens (tertiary/aromatic N) is 2. The van der Waals surface area contributed by atoms with E-state index in [1.54, 1.807) is 14.2 Å². The summed E-state index contributed by atoms with van der Waals surface area (Å²) in [5.41, 5.74) is 2.76. The molecule has 0 atom stereocenters. The highest BCUT2D eigenvalue weighted by Crippen LogP contribution is 2.31. The third kappa shape index (κ3) is 4.54. The molecule has 0 saturated heterocycles. The Morgan fingerprint density at radius 3 is 1.32 bits per heavy atom. The summed E-state index contributed by atoms with van der Waals surface area (Å²) in [6, 6.07) is 27.2. The highest BCUT2D eigenvalue weighted by molar-refractivity contribution is 6.07. The van der Waals surface area contributed by atoms with Gasteiger partial charge in [0.25, 0.3) is 0 Å². The van der Waals surface area contributed by atoms with Crippen LogP contribution < -0.4 is 9.47 Å². The molecule has 0 spiro atoms. The van der Waals surface area contributed by atoms with Crippen LogP contribution in [-0.2, 0) is 0 Å². The second-order valence-electron chi connectivity index (χ2n) is 7.33. The maximum absolute atomic E-state index is 9.15. The van der Waals surface area contributed by atoms with Crippen LogP contribution in [0.5, 0.6) is 11.5 Å². The number of nitriles is 2. The molecule has 0 radical (unpaired) electrons. The lowest BCUT2D eigenvalue weighted by atomic mass is 9.92. The van der Waals surface area contributed by atoms with E-state index in [1.165, 1.54) is 0 Å². The Bertz CT molecular complexity index is 1530. The zero-order valence-electron chi connectivity index (χ0n) is 18.6. The Morgan fingerprint density at radius 2 is 0.941 bits per heavy atom. The van der Waals surface area contributed by atoms with Crippen LogP contribution in [-0.4, -0.2) is 14.2 Å². The molecule has 0 aliphatic rings. The number of allylic oxidation sites excluding steroid dienone is 2. The number of fused-ring (bicyclic) bond motifs is 2. The first kappa shape index (κ1) is 22.0. The minimum Gasteiger partial charge on any atom is -0.497 e. The van der Waals surface area contributed by atoms with Crippen molar-refractivity contribution in [2.24, 2.45) is 0 Å². The van der Waals surface area contributed by atoms with Gasteiger partial charge >= 0.3 is 0 Å². The third-order valence-corrected chi connectivity index (χ3v) is 5.41. The van der Waals surface area contributed by atoms with E-state index >= 15 is 0 Å². The first-order chi connectivity index (χ1) is 16.7. The zero-order valence-corrected chi connectivity index (χ0v) is 18.6. The molecule has 0 heterocycles. The molecule has 0 aliphatic heterocycles. The Labute approximate surface area is 198 Å². The van der Waals surface area contributed by atoms with Gasteiger partial charge in [-0.15, -0.1) is 0 Å². The minimum atomic E-state index is 0.579. The maximum Gasteiger partial charge on any atom is 0.152 e. The van der Waals surface area contributed by atoms with Crippen LogP contribution in [0.2, 0.25) is 0 Å². The van der Waals surface area contributed by atoms with Crippen molar-refractivity contribution in [3.05, 3.63) is 83.9 Å². The second-order valence-corrected chi connectivity index (χ2v) is 7.33. The molecule has 0 unspecified atom stereocenters. The van der Waals surface area contributed by atoms with Gasteiger partial charge in [-0.3, -0.25) is 0 Å². The molecule has 0 aromatic heterocycles. The van der Waals surface area contributed by atoms with Crippen molar-refractivity contribution < 1.29 is 9.47 Å². The molecule has 160 valence electrons. The molecular weight excluding hydrogens is 420 g/mol. The Balaban J connectivity index is 1.97.